The number of amidine groups is 1. The average Bonchev–Trinajstić information content (AvgIpc) is 2.99. The zero-order valence-electron chi connectivity index (χ0n) is 16.0. The number of hydrogen-bond donors (Lipinski definition) is 0. The number of carboxylic acid groups (broad SMARTS) is 1. The van der Waals surface area contributed by atoms with E-state index in [0.717, 1.165) is 11.3 Å². The second kappa shape index (κ2) is 9.43. The smallest absolute Gasteiger partial charge is 0.242 e. The Morgan fingerprint density at radius 1 is 1.24 bits per heavy atom. The Morgan fingerprint density at radius 3 is 2.52 bits per heavy atom. The molecule has 2 aromatic carbocycles. The molecule has 1 amide bonds. The van der Waals surface area contributed by atoms with Gasteiger partial charge < -0.3 is 14.6 Å². The van der Waals surface area contributed by atoms with Gasteiger partial charge in [0.15, 0.2) is 5.17 Å². The van der Waals surface area contributed by atoms with Crippen LogP contribution in [-0.4, -0.2) is 40.3 Å². The van der Waals surface area contributed by atoms with Gasteiger partial charge in [-0.15, -0.1) is 6.58 Å². The SMILES string of the molecule is C=CCN1C(=O)[C@@H](Cc2ccc(OCC)cc2)SC1=Nc1ccc(C(=O)[O-])cc1. The maximum absolute atomic E-state index is 12.9. The summed E-state index contributed by atoms with van der Waals surface area (Å²) in [4.78, 5) is 29.9. The van der Waals surface area contributed by atoms with Crippen molar-refractivity contribution >= 4 is 34.5 Å². The summed E-state index contributed by atoms with van der Waals surface area (Å²) in [5.74, 6) is -0.454. The van der Waals surface area contributed by atoms with Crippen molar-refractivity contribution in [3.63, 3.8) is 0 Å². The molecule has 0 spiro atoms. The molecular weight excluding hydrogens is 388 g/mol. The normalized spacial score (nSPS) is 17.6. The molecule has 0 bridgehead atoms. The topological polar surface area (TPSA) is 82.0 Å². The van der Waals surface area contributed by atoms with Gasteiger partial charge in [-0.05, 0) is 48.7 Å². The second-order valence-corrected chi connectivity index (χ2v) is 7.52. The fourth-order valence-electron chi connectivity index (χ4n) is 2.91. The van der Waals surface area contributed by atoms with Crippen molar-refractivity contribution in [2.45, 2.75) is 18.6 Å². The van der Waals surface area contributed by atoms with Gasteiger partial charge in [-0.1, -0.05) is 42.1 Å². The Hall–Kier alpha value is -3.06. The zero-order chi connectivity index (χ0) is 20.8. The van der Waals surface area contributed by atoms with Gasteiger partial charge in [0.05, 0.1) is 23.5 Å². The van der Waals surface area contributed by atoms with E-state index in [9.17, 15) is 14.7 Å². The molecule has 0 saturated carbocycles. The van der Waals surface area contributed by atoms with Gasteiger partial charge >= 0.3 is 0 Å². The van der Waals surface area contributed by atoms with Crippen LogP contribution in [0.25, 0.3) is 0 Å². The van der Waals surface area contributed by atoms with Crippen LogP contribution in [0.1, 0.15) is 22.8 Å². The van der Waals surface area contributed by atoms with E-state index in [2.05, 4.69) is 11.6 Å². The third-order valence-electron chi connectivity index (χ3n) is 4.31. The van der Waals surface area contributed by atoms with Crippen LogP contribution < -0.4 is 9.84 Å². The molecule has 1 atom stereocenters. The second-order valence-electron chi connectivity index (χ2n) is 6.35. The minimum absolute atomic E-state index is 0.0195. The molecule has 1 heterocycles. The molecule has 0 aromatic heterocycles. The number of benzene rings is 2. The molecule has 6 nitrogen and oxygen atoms in total. The van der Waals surface area contributed by atoms with Crippen LogP contribution in [0.5, 0.6) is 5.75 Å². The first-order valence-electron chi connectivity index (χ1n) is 9.22. The number of carbonyl (C=O) groups is 2. The summed E-state index contributed by atoms with van der Waals surface area (Å²) in [6.07, 6.45) is 2.23. The molecule has 1 aliphatic rings. The van der Waals surface area contributed by atoms with E-state index in [1.807, 2.05) is 31.2 Å². The van der Waals surface area contributed by atoms with Crippen LogP contribution in [-0.2, 0) is 11.2 Å². The maximum Gasteiger partial charge on any atom is 0.242 e. The molecule has 0 N–H and O–H groups in total. The van der Waals surface area contributed by atoms with Gasteiger partial charge in [0.1, 0.15) is 5.75 Å². The summed E-state index contributed by atoms with van der Waals surface area (Å²) in [5, 5.41) is 11.2. The van der Waals surface area contributed by atoms with Crippen molar-refractivity contribution < 1.29 is 19.4 Å². The summed E-state index contributed by atoms with van der Waals surface area (Å²) in [6.45, 7) is 6.63. The van der Waals surface area contributed by atoms with E-state index < -0.39 is 5.97 Å². The lowest BCUT2D eigenvalue weighted by Crippen LogP contribution is -2.32. The Morgan fingerprint density at radius 2 is 1.93 bits per heavy atom. The van der Waals surface area contributed by atoms with Crippen LogP contribution in [0.3, 0.4) is 0 Å². The highest BCUT2D eigenvalue weighted by atomic mass is 32.2. The van der Waals surface area contributed by atoms with E-state index in [4.69, 9.17) is 4.74 Å². The fraction of sp³-hybridized carbons (Fsp3) is 0.227. The predicted molar refractivity (Wildman–Crippen MR) is 112 cm³/mol. The Bertz CT molecular complexity index is 923. The molecule has 3 rings (SSSR count). The highest BCUT2D eigenvalue weighted by molar-refractivity contribution is 8.15. The third-order valence-corrected chi connectivity index (χ3v) is 5.49. The number of carboxylic acids is 1. The fourth-order valence-corrected chi connectivity index (χ4v) is 4.12. The molecule has 150 valence electrons. The minimum atomic E-state index is -1.24. The zero-order valence-corrected chi connectivity index (χ0v) is 16.9. The number of carbonyl (C=O) groups excluding carboxylic acids is 2. The first-order chi connectivity index (χ1) is 14.0. The third kappa shape index (κ3) is 5.06. The van der Waals surface area contributed by atoms with Crippen molar-refractivity contribution in [2.75, 3.05) is 13.2 Å². The Labute approximate surface area is 173 Å². The number of hydrogen-bond acceptors (Lipinski definition) is 6. The van der Waals surface area contributed by atoms with Gasteiger partial charge in [-0.3, -0.25) is 9.69 Å². The van der Waals surface area contributed by atoms with Gasteiger partial charge in [0, 0.05) is 6.54 Å². The molecule has 29 heavy (non-hydrogen) atoms. The highest BCUT2D eigenvalue weighted by Crippen LogP contribution is 2.32. The van der Waals surface area contributed by atoms with Crippen molar-refractivity contribution in [3.05, 3.63) is 72.3 Å². The number of ether oxygens (including phenoxy) is 1. The van der Waals surface area contributed by atoms with Gasteiger partial charge in [-0.25, -0.2) is 4.99 Å². The standard InChI is InChI=1S/C22H22N2O4S/c1-3-13-24-20(25)19(14-15-5-11-18(12-6-15)28-4-2)29-22(24)23-17-9-7-16(8-10-17)21(26)27/h3,5-12,19H,1,4,13-14H2,2H3,(H,26,27)/p-1/t19-/m1/s1. The summed E-state index contributed by atoms with van der Waals surface area (Å²) < 4.78 is 5.46. The summed E-state index contributed by atoms with van der Waals surface area (Å²) in [7, 11) is 0. The van der Waals surface area contributed by atoms with Crippen LogP contribution in [0.4, 0.5) is 5.69 Å². The van der Waals surface area contributed by atoms with Crippen molar-refractivity contribution in [2.24, 2.45) is 4.99 Å². The van der Waals surface area contributed by atoms with E-state index >= 15 is 0 Å². The number of amides is 1. The molecule has 0 aliphatic carbocycles. The van der Waals surface area contributed by atoms with Crippen LogP contribution in [0, 0.1) is 0 Å². The van der Waals surface area contributed by atoms with E-state index in [-0.39, 0.29) is 16.7 Å². The van der Waals surface area contributed by atoms with Gasteiger partial charge in [-0.2, -0.15) is 0 Å². The van der Waals surface area contributed by atoms with Crippen LogP contribution in [0.2, 0.25) is 0 Å². The Kier molecular flexibility index (Phi) is 6.72. The lowest BCUT2D eigenvalue weighted by atomic mass is 10.1. The van der Waals surface area contributed by atoms with E-state index in [0.29, 0.717) is 30.4 Å². The quantitative estimate of drug-likeness (QED) is 0.626. The number of thioether (sulfide) groups is 1. The Balaban J connectivity index is 1.78. The molecular formula is C22H21N2O4S-. The summed E-state index contributed by atoms with van der Waals surface area (Å²) in [5.41, 5.74) is 1.69. The summed E-state index contributed by atoms with van der Waals surface area (Å²) in [6, 6.07) is 13.8. The predicted octanol–water partition coefficient (Wildman–Crippen LogP) is 2.81. The summed E-state index contributed by atoms with van der Waals surface area (Å²) >= 11 is 1.40. The highest BCUT2D eigenvalue weighted by Gasteiger charge is 2.37. The molecule has 1 saturated heterocycles. The molecule has 0 unspecified atom stereocenters. The largest absolute Gasteiger partial charge is 0.545 e. The van der Waals surface area contributed by atoms with E-state index in [1.165, 1.54) is 23.9 Å². The monoisotopic (exact) mass is 409 g/mol. The van der Waals surface area contributed by atoms with Crippen molar-refractivity contribution in [3.8, 4) is 5.75 Å². The number of aromatic carboxylic acids is 1. The lowest BCUT2D eigenvalue weighted by Gasteiger charge is -2.14. The van der Waals surface area contributed by atoms with Crippen LogP contribution >= 0.6 is 11.8 Å². The first-order valence-corrected chi connectivity index (χ1v) is 10.1. The molecule has 7 heteroatoms. The van der Waals surface area contributed by atoms with Crippen LogP contribution in [0.15, 0.2) is 66.2 Å². The maximum atomic E-state index is 12.9. The van der Waals surface area contributed by atoms with Crippen molar-refractivity contribution in [1.29, 1.82) is 0 Å². The average molecular weight is 409 g/mol. The van der Waals surface area contributed by atoms with Gasteiger partial charge in [0.2, 0.25) is 5.91 Å². The minimum Gasteiger partial charge on any atom is -0.545 e. The number of nitrogens with zero attached hydrogens (tertiary/aromatic N) is 2. The van der Waals surface area contributed by atoms with Gasteiger partial charge in [0.25, 0.3) is 0 Å². The number of aliphatic imine (C=N–C) groups is 1. The lowest BCUT2D eigenvalue weighted by molar-refractivity contribution is -0.255. The van der Waals surface area contributed by atoms with E-state index in [1.54, 1.807) is 23.1 Å². The number of rotatable bonds is 8. The first kappa shape index (κ1) is 20.7. The molecule has 1 aliphatic heterocycles. The molecule has 0 radical (unpaired) electrons. The molecule has 2 aromatic rings. The van der Waals surface area contributed by atoms with Crippen molar-refractivity contribution in [1.82, 2.24) is 4.90 Å². The molecule has 1 fully saturated rings.